The number of para-hydroxylation sites is 1. The lowest BCUT2D eigenvalue weighted by Gasteiger charge is -2.31. The van der Waals surface area contributed by atoms with Gasteiger partial charge in [-0.2, -0.15) is 4.98 Å². The second kappa shape index (κ2) is 9.02. The first kappa shape index (κ1) is 18.7. The van der Waals surface area contributed by atoms with Crippen LogP contribution < -0.4 is 4.90 Å². The number of rotatable bonds is 7. The van der Waals surface area contributed by atoms with Crippen LogP contribution in [0.3, 0.4) is 0 Å². The number of benzene rings is 2. The number of anilines is 1. The van der Waals surface area contributed by atoms with Crippen molar-refractivity contribution in [2.75, 3.05) is 25.0 Å². The van der Waals surface area contributed by atoms with Crippen LogP contribution >= 0.6 is 0 Å². The van der Waals surface area contributed by atoms with Gasteiger partial charge in [0.15, 0.2) is 5.82 Å². The van der Waals surface area contributed by atoms with Crippen LogP contribution in [0, 0.1) is 0 Å². The Bertz CT molecular complexity index is 871. The first-order valence-corrected chi connectivity index (χ1v) is 10.1. The van der Waals surface area contributed by atoms with Gasteiger partial charge in [0.2, 0.25) is 5.89 Å². The van der Waals surface area contributed by atoms with E-state index in [1.54, 1.807) is 0 Å². The molecule has 4 rings (SSSR count). The number of nitrogens with zero attached hydrogens (tertiary/aromatic N) is 4. The van der Waals surface area contributed by atoms with Crippen LogP contribution in [0.4, 0.5) is 5.69 Å². The standard InChI is InChI=1S/C23H28N4O/c1-26(17-20-12-6-7-13-21(20)27-14-8-3-9-15-27)18-23-24-22(25-28-23)16-19-10-4-2-5-11-19/h2,4-7,10-13H,3,8-9,14-18H2,1H3. The predicted octanol–water partition coefficient (Wildman–Crippen LogP) is 4.28. The van der Waals surface area contributed by atoms with Gasteiger partial charge in [0.05, 0.1) is 6.54 Å². The monoisotopic (exact) mass is 376 g/mol. The van der Waals surface area contributed by atoms with E-state index in [0.717, 1.165) is 25.5 Å². The van der Waals surface area contributed by atoms with Gasteiger partial charge in [0.25, 0.3) is 0 Å². The van der Waals surface area contributed by atoms with E-state index in [-0.39, 0.29) is 0 Å². The quantitative estimate of drug-likeness (QED) is 0.616. The molecule has 2 aromatic carbocycles. The molecule has 0 bridgehead atoms. The van der Waals surface area contributed by atoms with E-state index in [4.69, 9.17) is 4.52 Å². The molecule has 1 aliphatic rings. The molecule has 0 spiro atoms. The third kappa shape index (κ3) is 4.78. The molecule has 28 heavy (non-hydrogen) atoms. The Labute approximate surface area is 167 Å². The van der Waals surface area contributed by atoms with E-state index in [1.807, 2.05) is 18.2 Å². The van der Waals surface area contributed by atoms with Gasteiger partial charge in [-0.1, -0.05) is 53.7 Å². The van der Waals surface area contributed by atoms with Crippen molar-refractivity contribution in [3.63, 3.8) is 0 Å². The number of piperidine rings is 1. The summed E-state index contributed by atoms with van der Waals surface area (Å²) in [4.78, 5) is 9.33. The maximum atomic E-state index is 5.48. The molecule has 3 aromatic rings. The van der Waals surface area contributed by atoms with Gasteiger partial charge >= 0.3 is 0 Å². The van der Waals surface area contributed by atoms with E-state index in [9.17, 15) is 0 Å². The molecule has 1 aromatic heterocycles. The summed E-state index contributed by atoms with van der Waals surface area (Å²) in [7, 11) is 2.11. The number of hydrogen-bond donors (Lipinski definition) is 0. The van der Waals surface area contributed by atoms with Crippen LogP contribution in [0.1, 0.15) is 42.1 Å². The van der Waals surface area contributed by atoms with Crippen LogP contribution in [-0.4, -0.2) is 35.2 Å². The van der Waals surface area contributed by atoms with E-state index >= 15 is 0 Å². The molecule has 0 N–H and O–H groups in total. The smallest absolute Gasteiger partial charge is 0.240 e. The van der Waals surface area contributed by atoms with Crippen LogP contribution in [0.2, 0.25) is 0 Å². The fraction of sp³-hybridized carbons (Fsp3) is 0.391. The molecule has 0 aliphatic carbocycles. The predicted molar refractivity (Wildman–Crippen MR) is 111 cm³/mol. The third-order valence-electron chi connectivity index (χ3n) is 5.25. The summed E-state index contributed by atoms with van der Waals surface area (Å²) in [6.45, 7) is 3.83. The molecule has 0 saturated carbocycles. The second-order valence-electron chi connectivity index (χ2n) is 7.62. The molecule has 146 valence electrons. The molecule has 0 unspecified atom stereocenters. The summed E-state index contributed by atoms with van der Waals surface area (Å²) in [6, 6.07) is 19.0. The Morgan fingerprint density at radius 2 is 1.68 bits per heavy atom. The molecule has 1 aliphatic heterocycles. The summed E-state index contributed by atoms with van der Waals surface area (Å²) in [5.41, 5.74) is 3.92. The fourth-order valence-corrected chi connectivity index (χ4v) is 3.87. The molecule has 5 heteroatoms. The largest absolute Gasteiger partial charge is 0.371 e. The Morgan fingerprint density at radius 3 is 2.50 bits per heavy atom. The number of aromatic nitrogens is 2. The Balaban J connectivity index is 1.38. The van der Waals surface area contributed by atoms with E-state index in [1.165, 1.54) is 36.1 Å². The van der Waals surface area contributed by atoms with Crippen molar-refractivity contribution in [1.29, 1.82) is 0 Å². The second-order valence-corrected chi connectivity index (χ2v) is 7.62. The molecule has 2 heterocycles. The van der Waals surface area contributed by atoms with Gasteiger partial charge < -0.3 is 9.42 Å². The summed E-state index contributed by atoms with van der Waals surface area (Å²) < 4.78 is 5.48. The molecule has 5 nitrogen and oxygen atoms in total. The third-order valence-corrected chi connectivity index (χ3v) is 5.25. The van der Waals surface area contributed by atoms with Crippen LogP contribution in [0.5, 0.6) is 0 Å². The van der Waals surface area contributed by atoms with E-state index < -0.39 is 0 Å². The van der Waals surface area contributed by atoms with E-state index in [2.05, 4.69) is 63.4 Å². The lowest BCUT2D eigenvalue weighted by molar-refractivity contribution is 0.260. The highest BCUT2D eigenvalue weighted by Crippen LogP contribution is 2.25. The summed E-state index contributed by atoms with van der Waals surface area (Å²) in [5, 5.41) is 4.14. The highest BCUT2D eigenvalue weighted by molar-refractivity contribution is 5.53. The topological polar surface area (TPSA) is 45.4 Å². The normalized spacial score (nSPS) is 14.6. The highest BCUT2D eigenvalue weighted by Gasteiger charge is 2.16. The van der Waals surface area contributed by atoms with Gasteiger partial charge in [0, 0.05) is 31.7 Å². The SMILES string of the molecule is CN(Cc1nc(Cc2ccccc2)no1)Cc1ccccc1N1CCCCC1. The minimum absolute atomic E-state index is 0.649. The molecule has 0 radical (unpaired) electrons. The fourth-order valence-electron chi connectivity index (χ4n) is 3.87. The first-order valence-electron chi connectivity index (χ1n) is 10.1. The number of hydrogen-bond acceptors (Lipinski definition) is 5. The maximum absolute atomic E-state index is 5.48. The molecule has 0 amide bonds. The maximum Gasteiger partial charge on any atom is 0.240 e. The zero-order valence-electron chi connectivity index (χ0n) is 16.6. The molecule has 0 atom stereocenters. The average Bonchev–Trinajstić information content (AvgIpc) is 3.16. The Kier molecular flexibility index (Phi) is 6.02. The first-order chi connectivity index (χ1) is 13.8. The molecule has 1 saturated heterocycles. The van der Waals surface area contributed by atoms with Crippen molar-refractivity contribution in [1.82, 2.24) is 15.0 Å². The van der Waals surface area contributed by atoms with Crippen LogP contribution in [-0.2, 0) is 19.5 Å². The van der Waals surface area contributed by atoms with Gasteiger partial charge in [-0.15, -0.1) is 0 Å². The van der Waals surface area contributed by atoms with Crippen molar-refractivity contribution in [2.24, 2.45) is 0 Å². The minimum Gasteiger partial charge on any atom is -0.371 e. The van der Waals surface area contributed by atoms with E-state index in [0.29, 0.717) is 18.9 Å². The van der Waals surface area contributed by atoms with Crippen LogP contribution in [0.25, 0.3) is 0 Å². The van der Waals surface area contributed by atoms with Crippen molar-refractivity contribution in [3.05, 3.63) is 77.4 Å². The molecule has 1 fully saturated rings. The summed E-state index contributed by atoms with van der Waals surface area (Å²) >= 11 is 0. The van der Waals surface area contributed by atoms with Gasteiger partial charge in [-0.05, 0) is 43.5 Å². The lowest BCUT2D eigenvalue weighted by atomic mass is 10.1. The van der Waals surface area contributed by atoms with Gasteiger partial charge in [-0.25, -0.2) is 0 Å². The van der Waals surface area contributed by atoms with Crippen LogP contribution in [0.15, 0.2) is 59.1 Å². The highest BCUT2D eigenvalue weighted by atomic mass is 16.5. The molecular formula is C23H28N4O. The summed E-state index contributed by atoms with van der Waals surface area (Å²) in [5.74, 6) is 1.41. The Morgan fingerprint density at radius 1 is 0.929 bits per heavy atom. The molecular weight excluding hydrogens is 348 g/mol. The van der Waals surface area contributed by atoms with Crippen molar-refractivity contribution in [3.8, 4) is 0 Å². The average molecular weight is 377 g/mol. The van der Waals surface area contributed by atoms with Crippen molar-refractivity contribution >= 4 is 5.69 Å². The minimum atomic E-state index is 0.649. The zero-order valence-corrected chi connectivity index (χ0v) is 16.6. The van der Waals surface area contributed by atoms with Gasteiger partial charge in [-0.3, -0.25) is 4.90 Å². The van der Waals surface area contributed by atoms with Crippen molar-refractivity contribution < 1.29 is 4.52 Å². The Hall–Kier alpha value is -2.66. The van der Waals surface area contributed by atoms with Gasteiger partial charge in [0.1, 0.15) is 0 Å². The van der Waals surface area contributed by atoms with Crippen molar-refractivity contribution in [2.45, 2.75) is 38.8 Å². The lowest BCUT2D eigenvalue weighted by Crippen LogP contribution is -2.31. The zero-order chi connectivity index (χ0) is 19.2. The summed E-state index contributed by atoms with van der Waals surface area (Å²) in [6.07, 6.45) is 4.62.